The van der Waals surface area contributed by atoms with E-state index in [-0.39, 0.29) is 24.9 Å². The molecule has 0 bridgehead atoms. The topological polar surface area (TPSA) is 66.8 Å². The van der Waals surface area contributed by atoms with Gasteiger partial charge in [0.15, 0.2) is 0 Å². The quantitative estimate of drug-likeness (QED) is 0.250. The lowest BCUT2D eigenvalue weighted by molar-refractivity contribution is -0.160. The van der Waals surface area contributed by atoms with Crippen LogP contribution in [0.15, 0.2) is 72.8 Å². The van der Waals surface area contributed by atoms with Crippen LogP contribution in [0.4, 0.5) is 4.39 Å². The van der Waals surface area contributed by atoms with Crippen LogP contribution in [-0.2, 0) is 22.6 Å². The Morgan fingerprint density at radius 3 is 2.40 bits per heavy atom. The van der Waals surface area contributed by atoms with Crippen LogP contribution in [0.3, 0.4) is 0 Å². The number of carbonyl (C=O) groups is 1. The maximum absolute atomic E-state index is 14.2. The van der Waals surface area contributed by atoms with E-state index in [0.717, 1.165) is 11.1 Å². The highest BCUT2D eigenvalue weighted by atomic mass is 35.5. The summed E-state index contributed by atoms with van der Waals surface area (Å²) in [4.78, 5) is 12.9. The van der Waals surface area contributed by atoms with Crippen molar-refractivity contribution in [1.82, 2.24) is 0 Å². The normalized spacial score (nSPS) is 13.7. The number of aliphatic hydroxyl groups excluding tert-OH is 1. The minimum atomic E-state index is -1.10. The monoisotopic (exact) mass is 496 g/mol. The average molecular weight is 497 g/mol. The number of carbonyl (C=O) groups excluding carboxylic acids is 1. The van der Waals surface area contributed by atoms with Crippen LogP contribution in [0.1, 0.15) is 24.5 Å². The molecule has 7 heteroatoms. The zero-order chi connectivity index (χ0) is 25.4. The van der Waals surface area contributed by atoms with E-state index in [1.807, 2.05) is 54.6 Å². The molecule has 0 saturated heterocycles. The first-order chi connectivity index (χ1) is 16.7. The molecule has 0 aromatic heterocycles. The average Bonchev–Trinajstić information content (AvgIpc) is 2.84. The third-order valence-corrected chi connectivity index (χ3v) is 6.42. The van der Waals surface area contributed by atoms with Gasteiger partial charge in [-0.15, -0.1) is 0 Å². The fraction of sp³-hybridized carbons (Fsp3) is 0.321. The summed E-state index contributed by atoms with van der Waals surface area (Å²) in [5, 5.41) is 20.6. The smallest absolute Gasteiger partial charge is 0.314 e. The number of esters is 1. The van der Waals surface area contributed by atoms with E-state index in [1.165, 1.54) is 12.1 Å². The minimum absolute atomic E-state index is 0.0785. The van der Waals surface area contributed by atoms with Crippen molar-refractivity contribution in [3.8, 4) is 11.1 Å². The minimum Gasteiger partial charge on any atom is -0.460 e. The van der Waals surface area contributed by atoms with Gasteiger partial charge in [-0.05, 0) is 66.9 Å². The second-order valence-electron chi connectivity index (χ2n) is 9.46. The Kier molecular flexibility index (Phi) is 9.50. The van der Waals surface area contributed by atoms with Crippen molar-refractivity contribution in [2.45, 2.75) is 39.5 Å². The van der Waals surface area contributed by atoms with Crippen LogP contribution in [-0.4, -0.2) is 29.6 Å². The van der Waals surface area contributed by atoms with Crippen molar-refractivity contribution in [3.63, 3.8) is 0 Å². The van der Waals surface area contributed by atoms with Gasteiger partial charge in [0, 0.05) is 10.6 Å². The van der Waals surface area contributed by atoms with Crippen molar-refractivity contribution < 1.29 is 24.1 Å². The van der Waals surface area contributed by atoms with Crippen LogP contribution in [0.2, 0.25) is 18.2 Å². The summed E-state index contributed by atoms with van der Waals surface area (Å²) < 4.78 is 19.7. The first-order valence-corrected chi connectivity index (χ1v) is 12.1. The third kappa shape index (κ3) is 7.66. The first-order valence-electron chi connectivity index (χ1n) is 11.7. The van der Waals surface area contributed by atoms with Gasteiger partial charge in [-0.1, -0.05) is 73.0 Å². The Balaban J connectivity index is 1.71. The molecule has 2 N–H and O–H groups in total. The molecule has 3 aromatic carbocycles. The van der Waals surface area contributed by atoms with Gasteiger partial charge in [0.05, 0.1) is 12.0 Å². The molecule has 4 nitrogen and oxygen atoms in total. The molecule has 0 radical (unpaired) electrons. The predicted octanol–water partition coefficient (Wildman–Crippen LogP) is 6.05. The SMILES string of the molecule is CB(O)C[C@H](Cc1ccc(-c2cc(Cl)ccc2F)cc1)C[C@@](C)(CO)C(=O)OCc1ccccc1. The van der Waals surface area contributed by atoms with Crippen LogP contribution < -0.4 is 0 Å². The van der Waals surface area contributed by atoms with Gasteiger partial charge >= 0.3 is 5.97 Å². The second kappa shape index (κ2) is 12.3. The van der Waals surface area contributed by atoms with E-state index >= 15 is 0 Å². The lowest BCUT2D eigenvalue weighted by Gasteiger charge is -2.30. The van der Waals surface area contributed by atoms with Gasteiger partial charge in [0.25, 0.3) is 6.92 Å². The van der Waals surface area contributed by atoms with E-state index in [2.05, 4.69) is 0 Å². The van der Waals surface area contributed by atoms with Crippen LogP contribution in [0.5, 0.6) is 0 Å². The van der Waals surface area contributed by atoms with Crippen molar-refractivity contribution in [1.29, 1.82) is 0 Å². The third-order valence-electron chi connectivity index (χ3n) is 6.19. The number of hydrogen-bond acceptors (Lipinski definition) is 4. The standard InChI is InChI=1S/C28H31BClFO4/c1-28(19-32,27(33)35-18-21-6-4-3-5-7-21)16-22(17-29(2)34)14-20-8-10-23(11-9-20)25-15-24(30)12-13-26(25)31/h3-13,15,22,32,34H,14,16-19H2,1-2H3/t22-,28+/m1/s1. The van der Waals surface area contributed by atoms with Crippen molar-refractivity contribution in [2.24, 2.45) is 11.3 Å². The van der Waals surface area contributed by atoms with Crippen molar-refractivity contribution >= 4 is 24.5 Å². The number of halogens is 2. The molecule has 2 atom stereocenters. The van der Waals surface area contributed by atoms with Crippen LogP contribution >= 0.6 is 11.6 Å². The number of hydrogen-bond donors (Lipinski definition) is 2. The summed E-state index contributed by atoms with van der Waals surface area (Å²) in [6.45, 7) is 2.62. The van der Waals surface area contributed by atoms with E-state index in [0.29, 0.717) is 35.3 Å². The molecule has 0 fully saturated rings. The molecule has 0 saturated carbocycles. The Hall–Kier alpha value is -2.67. The van der Waals surface area contributed by atoms with Crippen LogP contribution in [0, 0.1) is 17.2 Å². The zero-order valence-electron chi connectivity index (χ0n) is 20.1. The molecule has 0 aliphatic carbocycles. The molecule has 3 rings (SSSR count). The Labute approximate surface area is 211 Å². The van der Waals surface area contributed by atoms with Gasteiger partial charge in [-0.2, -0.15) is 0 Å². The maximum Gasteiger partial charge on any atom is 0.314 e. The molecule has 0 unspecified atom stereocenters. The van der Waals surface area contributed by atoms with Gasteiger partial charge in [0.2, 0.25) is 0 Å². The molecule has 0 spiro atoms. The molecular weight excluding hydrogens is 466 g/mol. The lowest BCUT2D eigenvalue weighted by Crippen LogP contribution is -2.36. The molecule has 3 aromatic rings. The molecule has 0 amide bonds. The zero-order valence-corrected chi connectivity index (χ0v) is 20.8. The molecule has 184 valence electrons. The van der Waals surface area contributed by atoms with Gasteiger partial charge in [0.1, 0.15) is 12.4 Å². The van der Waals surface area contributed by atoms with Crippen LogP contribution in [0.25, 0.3) is 11.1 Å². The fourth-order valence-corrected chi connectivity index (χ4v) is 4.51. The first kappa shape index (κ1) is 26.9. The van der Waals surface area contributed by atoms with Gasteiger partial charge in [-0.3, -0.25) is 4.79 Å². The molecule has 0 aliphatic rings. The summed E-state index contributed by atoms with van der Waals surface area (Å²) in [5.74, 6) is -0.890. The highest BCUT2D eigenvalue weighted by Crippen LogP contribution is 2.33. The summed E-state index contributed by atoms with van der Waals surface area (Å²) >= 11 is 6.02. The van der Waals surface area contributed by atoms with E-state index in [1.54, 1.807) is 19.8 Å². The number of benzene rings is 3. The van der Waals surface area contributed by atoms with Gasteiger partial charge < -0.3 is 14.9 Å². The largest absolute Gasteiger partial charge is 0.460 e. The van der Waals surface area contributed by atoms with E-state index < -0.39 is 18.3 Å². The fourth-order valence-electron chi connectivity index (χ4n) is 4.34. The second-order valence-corrected chi connectivity index (χ2v) is 9.90. The lowest BCUT2D eigenvalue weighted by atomic mass is 9.60. The maximum atomic E-state index is 14.2. The van der Waals surface area contributed by atoms with Crippen molar-refractivity contribution in [3.05, 3.63) is 94.8 Å². The van der Waals surface area contributed by atoms with Crippen molar-refractivity contribution in [2.75, 3.05) is 6.61 Å². The Bertz CT molecular complexity index is 1110. The summed E-state index contributed by atoms with van der Waals surface area (Å²) in [7, 11) is 0. The number of aliphatic hydroxyl groups is 1. The Morgan fingerprint density at radius 2 is 1.77 bits per heavy atom. The molecule has 0 aliphatic heterocycles. The molecular formula is C28H31BClFO4. The Morgan fingerprint density at radius 1 is 1.09 bits per heavy atom. The van der Waals surface area contributed by atoms with E-state index in [4.69, 9.17) is 16.3 Å². The summed E-state index contributed by atoms with van der Waals surface area (Å²) in [5.41, 5.74) is 1.90. The highest BCUT2D eigenvalue weighted by molar-refractivity contribution is 6.48. The molecule has 0 heterocycles. The van der Waals surface area contributed by atoms with Gasteiger partial charge in [-0.25, -0.2) is 4.39 Å². The summed E-state index contributed by atoms with van der Waals surface area (Å²) in [6, 6.07) is 21.3. The predicted molar refractivity (Wildman–Crippen MR) is 139 cm³/mol. The summed E-state index contributed by atoms with van der Waals surface area (Å²) in [6.07, 6.45) is 1.41. The molecule has 35 heavy (non-hydrogen) atoms. The highest BCUT2D eigenvalue weighted by Gasteiger charge is 2.37. The number of ether oxygens (including phenoxy) is 1. The van der Waals surface area contributed by atoms with E-state index in [9.17, 15) is 19.3 Å². The number of rotatable bonds is 11.